The molecule has 3 aromatic rings. The number of pyridine rings is 1. The first-order chi connectivity index (χ1) is 14.1. The molecule has 1 aromatic carbocycles. The summed E-state index contributed by atoms with van der Waals surface area (Å²) in [5.41, 5.74) is 2.29. The third-order valence-corrected chi connectivity index (χ3v) is 5.42. The molecule has 6 nitrogen and oxygen atoms in total. The Morgan fingerprint density at radius 3 is 2.83 bits per heavy atom. The predicted octanol–water partition coefficient (Wildman–Crippen LogP) is 4.95. The average molecular weight is 412 g/mol. The Bertz CT molecular complexity index is 1010. The molecule has 150 valence electrons. The van der Waals surface area contributed by atoms with Crippen molar-refractivity contribution in [2.24, 2.45) is 0 Å². The molecule has 0 bridgehead atoms. The summed E-state index contributed by atoms with van der Waals surface area (Å²) in [7, 11) is 0. The lowest BCUT2D eigenvalue weighted by molar-refractivity contribution is 0.0949. The number of hydrogen-bond donors (Lipinski definition) is 1. The maximum Gasteiger partial charge on any atom is 0.257 e. The standard InChI is InChI=1S/C22H22ClN3O3/c1-14-19(20(26-29-14)17-10-4-5-11-18(17)23)21(27)25-13-15-7-6-12-24-22(15)28-16-8-2-3-9-16/h4-7,10-12,16H,2-3,8-9,13H2,1H3,(H,25,27). The van der Waals surface area contributed by atoms with Crippen molar-refractivity contribution in [2.45, 2.75) is 45.3 Å². The first kappa shape index (κ1) is 19.5. The van der Waals surface area contributed by atoms with Gasteiger partial charge in [0, 0.05) is 23.9 Å². The SMILES string of the molecule is Cc1onc(-c2ccccc2Cl)c1C(=O)NCc1cccnc1OC1CCCC1. The van der Waals surface area contributed by atoms with Crippen LogP contribution in [0.25, 0.3) is 11.3 Å². The van der Waals surface area contributed by atoms with E-state index >= 15 is 0 Å². The second-order valence-corrected chi connectivity index (χ2v) is 7.52. The van der Waals surface area contributed by atoms with Gasteiger partial charge in [-0.25, -0.2) is 4.98 Å². The molecule has 29 heavy (non-hydrogen) atoms. The Morgan fingerprint density at radius 2 is 2.03 bits per heavy atom. The fourth-order valence-electron chi connectivity index (χ4n) is 3.57. The van der Waals surface area contributed by atoms with Gasteiger partial charge in [0.2, 0.25) is 5.88 Å². The highest BCUT2D eigenvalue weighted by Crippen LogP contribution is 2.31. The van der Waals surface area contributed by atoms with Gasteiger partial charge < -0.3 is 14.6 Å². The second-order valence-electron chi connectivity index (χ2n) is 7.12. The van der Waals surface area contributed by atoms with Gasteiger partial charge in [-0.05, 0) is 44.7 Å². The van der Waals surface area contributed by atoms with Crippen LogP contribution >= 0.6 is 11.6 Å². The van der Waals surface area contributed by atoms with E-state index in [2.05, 4.69) is 15.5 Å². The number of aryl methyl sites for hydroxylation is 1. The molecule has 2 heterocycles. The van der Waals surface area contributed by atoms with Crippen molar-refractivity contribution in [2.75, 3.05) is 0 Å². The van der Waals surface area contributed by atoms with Crippen LogP contribution < -0.4 is 10.1 Å². The van der Waals surface area contributed by atoms with E-state index in [0.29, 0.717) is 40.0 Å². The first-order valence-corrected chi connectivity index (χ1v) is 10.1. The van der Waals surface area contributed by atoms with Crippen molar-refractivity contribution in [1.82, 2.24) is 15.5 Å². The number of amides is 1. The monoisotopic (exact) mass is 411 g/mol. The summed E-state index contributed by atoms with van der Waals surface area (Å²) >= 11 is 6.28. The number of hydrogen-bond acceptors (Lipinski definition) is 5. The molecule has 1 amide bonds. The zero-order valence-electron chi connectivity index (χ0n) is 16.2. The second kappa shape index (κ2) is 8.66. The first-order valence-electron chi connectivity index (χ1n) is 9.73. The zero-order valence-corrected chi connectivity index (χ0v) is 16.9. The van der Waals surface area contributed by atoms with Crippen LogP contribution in [0, 0.1) is 6.92 Å². The van der Waals surface area contributed by atoms with Crippen LogP contribution in [0.15, 0.2) is 47.1 Å². The van der Waals surface area contributed by atoms with Crippen molar-refractivity contribution >= 4 is 17.5 Å². The molecule has 0 radical (unpaired) electrons. The summed E-state index contributed by atoms with van der Waals surface area (Å²) < 4.78 is 11.3. The number of carbonyl (C=O) groups excluding carboxylic acids is 1. The number of benzene rings is 1. The number of halogens is 1. The van der Waals surface area contributed by atoms with Gasteiger partial charge in [0.1, 0.15) is 23.1 Å². The molecule has 1 fully saturated rings. The van der Waals surface area contributed by atoms with Gasteiger partial charge in [0.05, 0.1) is 5.02 Å². The molecular weight excluding hydrogens is 390 g/mol. The van der Waals surface area contributed by atoms with Crippen molar-refractivity contribution in [1.29, 1.82) is 0 Å². The van der Waals surface area contributed by atoms with Crippen LogP contribution in [-0.4, -0.2) is 22.2 Å². The van der Waals surface area contributed by atoms with Crippen LogP contribution in [0.2, 0.25) is 5.02 Å². The summed E-state index contributed by atoms with van der Waals surface area (Å²) in [6.45, 7) is 2.00. The largest absolute Gasteiger partial charge is 0.474 e. The summed E-state index contributed by atoms with van der Waals surface area (Å²) in [5.74, 6) is 0.730. The molecule has 0 aliphatic heterocycles. The third kappa shape index (κ3) is 4.27. The van der Waals surface area contributed by atoms with E-state index in [1.54, 1.807) is 19.2 Å². The van der Waals surface area contributed by atoms with Gasteiger partial charge in [-0.15, -0.1) is 0 Å². The van der Waals surface area contributed by atoms with Crippen LogP contribution in [0.1, 0.15) is 47.4 Å². The Hall–Kier alpha value is -2.86. The normalized spacial score (nSPS) is 14.1. The smallest absolute Gasteiger partial charge is 0.257 e. The van der Waals surface area contributed by atoms with E-state index in [0.717, 1.165) is 18.4 Å². The molecule has 1 aliphatic rings. The lowest BCUT2D eigenvalue weighted by atomic mass is 10.1. The van der Waals surface area contributed by atoms with Gasteiger partial charge in [-0.3, -0.25) is 4.79 Å². The highest BCUT2D eigenvalue weighted by Gasteiger charge is 2.24. The van der Waals surface area contributed by atoms with Crippen molar-refractivity contribution in [3.63, 3.8) is 0 Å². The van der Waals surface area contributed by atoms with E-state index in [1.807, 2.05) is 30.3 Å². The minimum absolute atomic E-state index is 0.200. The number of nitrogens with zero attached hydrogens (tertiary/aromatic N) is 2. The lowest BCUT2D eigenvalue weighted by Crippen LogP contribution is -2.24. The van der Waals surface area contributed by atoms with Crippen LogP contribution in [0.4, 0.5) is 0 Å². The Balaban J connectivity index is 1.52. The maximum absolute atomic E-state index is 12.9. The van der Waals surface area contributed by atoms with E-state index < -0.39 is 0 Å². The Kier molecular flexibility index (Phi) is 5.81. The molecule has 1 aliphatic carbocycles. The molecule has 7 heteroatoms. The van der Waals surface area contributed by atoms with Crippen molar-refractivity contribution in [3.05, 3.63) is 64.5 Å². The summed E-state index contributed by atoms with van der Waals surface area (Å²) in [5, 5.41) is 7.50. The highest BCUT2D eigenvalue weighted by atomic mass is 35.5. The van der Waals surface area contributed by atoms with Crippen molar-refractivity contribution < 1.29 is 14.1 Å². The number of rotatable bonds is 6. The van der Waals surface area contributed by atoms with Gasteiger partial charge in [-0.2, -0.15) is 0 Å². The predicted molar refractivity (Wildman–Crippen MR) is 110 cm³/mol. The molecule has 0 spiro atoms. The van der Waals surface area contributed by atoms with Gasteiger partial charge in [-0.1, -0.05) is 41.0 Å². The molecule has 0 saturated heterocycles. The topological polar surface area (TPSA) is 77.3 Å². The van der Waals surface area contributed by atoms with Gasteiger partial charge in [0.25, 0.3) is 5.91 Å². The van der Waals surface area contributed by atoms with Crippen molar-refractivity contribution in [3.8, 4) is 17.1 Å². The summed E-state index contributed by atoms with van der Waals surface area (Å²) in [6, 6.07) is 11.0. The maximum atomic E-state index is 12.9. The highest BCUT2D eigenvalue weighted by molar-refractivity contribution is 6.33. The third-order valence-electron chi connectivity index (χ3n) is 5.09. The van der Waals surface area contributed by atoms with E-state index in [9.17, 15) is 4.79 Å². The number of ether oxygens (including phenoxy) is 1. The fourth-order valence-corrected chi connectivity index (χ4v) is 3.79. The number of aromatic nitrogens is 2. The van der Waals surface area contributed by atoms with Gasteiger partial charge in [0.15, 0.2) is 0 Å². The molecule has 4 rings (SSSR count). The molecular formula is C22H22ClN3O3. The Morgan fingerprint density at radius 1 is 1.24 bits per heavy atom. The average Bonchev–Trinajstić information content (AvgIpc) is 3.37. The van der Waals surface area contributed by atoms with E-state index in [1.165, 1.54) is 12.8 Å². The van der Waals surface area contributed by atoms with E-state index in [4.69, 9.17) is 20.9 Å². The number of carbonyl (C=O) groups is 1. The zero-order chi connectivity index (χ0) is 20.2. The van der Waals surface area contributed by atoms with E-state index in [-0.39, 0.29) is 12.0 Å². The minimum atomic E-state index is -0.283. The number of nitrogens with one attached hydrogen (secondary N) is 1. The fraction of sp³-hybridized carbons (Fsp3) is 0.318. The summed E-state index contributed by atoms with van der Waals surface area (Å²) in [6.07, 6.45) is 6.36. The molecule has 1 saturated carbocycles. The molecule has 1 N–H and O–H groups in total. The van der Waals surface area contributed by atoms with Gasteiger partial charge >= 0.3 is 0 Å². The quantitative estimate of drug-likeness (QED) is 0.621. The lowest BCUT2D eigenvalue weighted by Gasteiger charge is -2.15. The molecule has 0 unspecified atom stereocenters. The van der Waals surface area contributed by atoms with Crippen LogP contribution in [0.3, 0.4) is 0 Å². The van der Waals surface area contributed by atoms with Crippen LogP contribution in [-0.2, 0) is 6.54 Å². The molecule has 2 aromatic heterocycles. The Labute approximate surface area is 174 Å². The minimum Gasteiger partial charge on any atom is -0.474 e. The van der Waals surface area contributed by atoms with Crippen LogP contribution in [0.5, 0.6) is 5.88 Å². The summed E-state index contributed by atoms with van der Waals surface area (Å²) in [4.78, 5) is 17.3. The molecule has 0 atom stereocenters.